The van der Waals surface area contributed by atoms with Crippen LogP contribution in [0.25, 0.3) is 0 Å². The molecule has 23 heavy (non-hydrogen) atoms. The van der Waals surface area contributed by atoms with Gasteiger partial charge in [0.15, 0.2) is 10.8 Å². The lowest BCUT2D eigenvalue weighted by Crippen LogP contribution is -2.51. The minimum Gasteiger partial charge on any atom is -0.196 e. The van der Waals surface area contributed by atoms with Gasteiger partial charge in [0.25, 0.3) is 0 Å². The molecule has 4 nitrogen and oxygen atoms in total. The van der Waals surface area contributed by atoms with Gasteiger partial charge in [-0.2, -0.15) is 21.0 Å². The Morgan fingerprint density at radius 3 is 2.00 bits per heavy atom. The third-order valence-electron chi connectivity index (χ3n) is 4.08. The van der Waals surface area contributed by atoms with Crippen LogP contribution >= 0.6 is 47.0 Å². The van der Waals surface area contributed by atoms with Crippen molar-refractivity contribution in [3.8, 4) is 24.3 Å². The maximum absolute atomic E-state index is 9.79. The number of nitrogens with zero attached hydrogens (tertiary/aromatic N) is 4. The Morgan fingerprint density at radius 1 is 0.913 bits per heavy atom. The van der Waals surface area contributed by atoms with Crippen LogP contribution in [0, 0.1) is 62.1 Å². The van der Waals surface area contributed by atoms with E-state index in [1.54, 1.807) is 42.2 Å². The molecule has 3 aliphatic rings. The lowest BCUT2D eigenvalue weighted by molar-refractivity contribution is 0.230. The van der Waals surface area contributed by atoms with Crippen molar-refractivity contribution >= 4 is 47.0 Å². The zero-order valence-electron chi connectivity index (χ0n) is 11.8. The van der Waals surface area contributed by atoms with E-state index in [4.69, 9.17) is 0 Å². The van der Waals surface area contributed by atoms with Gasteiger partial charge in [-0.05, 0) is 10.8 Å². The summed E-state index contributed by atoms with van der Waals surface area (Å²) in [6.45, 7) is 1.73. The molecule has 0 saturated carbocycles. The van der Waals surface area contributed by atoms with Gasteiger partial charge in [-0.25, -0.2) is 0 Å². The van der Waals surface area contributed by atoms with Crippen LogP contribution < -0.4 is 0 Å². The summed E-state index contributed by atoms with van der Waals surface area (Å²) in [5.74, 6) is -0.484. The lowest BCUT2D eigenvalue weighted by atomic mass is 9.56. The highest BCUT2D eigenvalue weighted by atomic mass is 32.2. The summed E-state index contributed by atoms with van der Waals surface area (Å²) in [7, 11) is 0. The van der Waals surface area contributed by atoms with Gasteiger partial charge in [0.05, 0.1) is 38.0 Å². The fourth-order valence-electron chi connectivity index (χ4n) is 2.83. The fourth-order valence-corrected chi connectivity index (χ4v) is 8.27. The molecule has 1 aliphatic carbocycles. The highest BCUT2D eigenvalue weighted by Gasteiger charge is 2.66. The van der Waals surface area contributed by atoms with Gasteiger partial charge in [0.1, 0.15) is 0 Å². The number of allylic oxidation sites excluding steroid dienone is 1. The topological polar surface area (TPSA) is 95.2 Å². The second-order valence-electron chi connectivity index (χ2n) is 5.10. The van der Waals surface area contributed by atoms with Crippen LogP contribution in [0.5, 0.6) is 0 Å². The van der Waals surface area contributed by atoms with E-state index in [9.17, 15) is 21.0 Å². The van der Waals surface area contributed by atoms with E-state index in [-0.39, 0.29) is 0 Å². The molecule has 112 valence electrons. The Bertz CT molecular complexity index is 789. The van der Waals surface area contributed by atoms with Gasteiger partial charge in [-0.15, -0.1) is 11.8 Å². The van der Waals surface area contributed by atoms with E-state index in [0.717, 1.165) is 13.4 Å². The number of hydrogen-bond donors (Lipinski definition) is 0. The Morgan fingerprint density at radius 2 is 1.48 bits per heavy atom. The van der Waals surface area contributed by atoms with Crippen LogP contribution in [-0.2, 0) is 0 Å². The smallest absolute Gasteiger partial charge is 0.192 e. The van der Waals surface area contributed by atoms with Crippen molar-refractivity contribution in [3.63, 3.8) is 0 Å². The van der Waals surface area contributed by atoms with Crippen molar-refractivity contribution in [3.05, 3.63) is 30.3 Å². The second kappa shape index (κ2) is 5.90. The molecule has 8 heteroatoms. The molecule has 1 fully saturated rings. The molecule has 0 amide bonds. The van der Waals surface area contributed by atoms with Gasteiger partial charge in [0, 0.05) is 10.8 Å². The van der Waals surface area contributed by atoms with Crippen LogP contribution in [0.15, 0.2) is 30.3 Å². The predicted octanol–water partition coefficient (Wildman–Crippen LogP) is 4.51. The van der Waals surface area contributed by atoms with Crippen molar-refractivity contribution in [1.29, 1.82) is 21.0 Å². The molecule has 0 aromatic heterocycles. The molecule has 0 aromatic carbocycles. The molecule has 0 spiro atoms. The first-order valence-corrected chi connectivity index (χ1v) is 9.98. The molecule has 2 atom stereocenters. The fraction of sp³-hybridized carbons (Fsp3) is 0.333. The zero-order valence-corrected chi connectivity index (χ0v) is 15.1. The standard InChI is InChI=1S/C15H8N4S4/c1-9-4-10-11(23-13(22-10)12-20-2-3-21-12)15(7-18,8-19)14(9,5-16)6-17/h2-4,9,11H,1H3/t9-,11+/m0/s1. The third kappa shape index (κ3) is 2.07. The molecular weight excluding hydrogens is 364 g/mol. The molecule has 3 rings (SSSR count). The molecule has 0 N–H and O–H groups in total. The SMILES string of the molecule is C[C@H]1C=C2SC(=C3SC=CS3)S[C@H]2C(C#N)(C#N)C1(C#N)C#N. The molecule has 2 heterocycles. The second-order valence-corrected chi connectivity index (χ2v) is 9.65. The summed E-state index contributed by atoms with van der Waals surface area (Å²) in [5.41, 5.74) is -3.34. The Hall–Kier alpha value is -1.42. The summed E-state index contributed by atoms with van der Waals surface area (Å²) in [6, 6.07) is 8.07. The molecule has 0 bridgehead atoms. The molecule has 2 aliphatic heterocycles. The van der Waals surface area contributed by atoms with E-state index < -0.39 is 22.0 Å². The van der Waals surface area contributed by atoms with Gasteiger partial charge < -0.3 is 0 Å². The summed E-state index contributed by atoms with van der Waals surface area (Å²) in [6.07, 6.45) is 1.88. The summed E-state index contributed by atoms with van der Waals surface area (Å²) in [4.78, 5) is 0.905. The first kappa shape index (κ1) is 16.4. The average molecular weight is 373 g/mol. The summed E-state index contributed by atoms with van der Waals surface area (Å²) >= 11 is 6.20. The van der Waals surface area contributed by atoms with E-state index >= 15 is 0 Å². The van der Waals surface area contributed by atoms with Crippen molar-refractivity contribution < 1.29 is 0 Å². The number of nitriles is 4. The predicted molar refractivity (Wildman–Crippen MR) is 94.9 cm³/mol. The minimum absolute atomic E-state index is 0.484. The largest absolute Gasteiger partial charge is 0.196 e. The van der Waals surface area contributed by atoms with Crippen LogP contribution in [0.3, 0.4) is 0 Å². The molecule has 1 saturated heterocycles. The first-order chi connectivity index (χ1) is 11.1. The van der Waals surface area contributed by atoms with E-state index in [1.165, 1.54) is 11.8 Å². The summed E-state index contributed by atoms with van der Waals surface area (Å²) < 4.78 is 2.15. The molecule has 0 unspecified atom stereocenters. The van der Waals surface area contributed by atoms with Gasteiger partial charge in [-0.3, -0.25) is 0 Å². The van der Waals surface area contributed by atoms with Crippen LogP contribution in [0.4, 0.5) is 0 Å². The average Bonchev–Trinajstić information content (AvgIpc) is 3.22. The van der Waals surface area contributed by atoms with Crippen molar-refractivity contribution in [1.82, 2.24) is 0 Å². The van der Waals surface area contributed by atoms with E-state index in [0.29, 0.717) is 0 Å². The van der Waals surface area contributed by atoms with Crippen molar-refractivity contribution in [2.75, 3.05) is 0 Å². The normalized spacial score (nSPS) is 29.7. The van der Waals surface area contributed by atoms with Crippen LogP contribution in [0.1, 0.15) is 6.92 Å². The zero-order chi connectivity index (χ0) is 16.7. The Balaban J connectivity index is 2.17. The number of hydrogen-bond acceptors (Lipinski definition) is 8. The number of thioether (sulfide) groups is 4. The Labute approximate surface area is 151 Å². The molecular formula is C15H8N4S4. The quantitative estimate of drug-likeness (QED) is 0.612. The third-order valence-corrected chi connectivity index (χ3v) is 9.68. The lowest BCUT2D eigenvalue weighted by Gasteiger charge is -2.41. The van der Waals surface area contributed by atoms with Gasteiger partial charge in [-0.1, -0.05) is 48.3 Å². The van der Waals surface area contributed by atoms with Crippen molar-refractivity contribution in [2.45, 2.75) is 12.2 Å². The first-order valence-electron chi connectivity index (χ1n) is 6.52. The maximum atomic E-state index is 9.79. The highest BCUT2D eigenvalue weighted by Crippen LogP contribution is 2.66. The monoisotopic (exact) mass is 372 g/mol. The maximum Gasteiger partial charge on any atom is 0.192 e. The van der Waals surface area contributed by atoms with E-state index in [2.05, 4.69) is 0 Å². The van der Waals surface area contributed by atoms with Gasteiger partial charge in [0.2, 0.25) is 0 Å². The molecule has 0 aromatic rings. The molecule has 0 radical (unpaired) electrons. The summed E-state index contributed by atoms with van der Waals surface area (Å²) in [5, 5.41) is 42.4. The van der Waals surface area contributed by atoms with Crippen LogP contribution in [-0.4, -0.2) is 5.25 Å². The van der Waals surface area contributed by atoms with Gasteiger partial charge >= 0.3 is 0 Å². The van der Waals surface area contributed by atoms with Crippen LogP contribution in [0.2, 0.25) is 0 Å². The minimum atomic E-state index is -1.68. The van der Waals surface area contributed by atoms with Crippen molar-refractivity contribution in [2.24, 2.45) is 16.7 Å². The highest BCUT2D eigenvalue weighted by molar-refractivity contribution is 8.33. The number of fused-ring (bicyclic) bond motifs is 1. The van der Waals surface area contributed by atoms with E-state index in [1.807, 2.05) is 41.2 Å². The Kier molecular flexibility index (Phi) is 4.21. The number of rotatable bonds is 0.